The summed E-state index contributed by atoms with van der Waals surface area (Å²) in [6.45, 7) is 1.56. The van der Waals surface area contributed by atoms with E-state index < -0.39 is 17.8 Å². The molecule has 1 N–H and O–H groups in total. The van der Waals surface area contributed by atoms with E-state index in [0.29, 0.717) is 27.6 Å². The van der Waals surface area contributed by atoms with Gasteiger partial charge in [0.1, 0.15) is 17.0 Å². The molecule has 1 atom stereocenters. The molecule has 0 fully saturated rings. The third-order valence-corrected chi connectivity index (χ3v) is 4.33. The van der Waals surface area contributed by atoms with Crippen molar-refractivity contribution in [2.75, 3.05) is 5.32 Å². The van der Waals surface area contributed by atoms with Crippen molar-refractivity contribution in [2.45, 2.75) is 13.0 Å². The van der Waals surface area contributed by atoms with Crippen LogP contribution in [0.4, 0.5) is 10.1 Å². The summed E-state index contributed by atoms with van der Waals surface area (Å²) in [4.78, 5) is 16.4. The molecule has 0 bridgehead atoms. The number of para-hydroxylation sites is 1. The minimum absolute atomic E-state index is 0. The molecule has 0 aliphatic carbocycles. The van der Waals surface area contributed by atoms with Gasteiger partial charge in [-0.15, -0.1) is 6.07 Å². The first-order chi connectivity index (χ1) is 14.5. The maximum atomic E-state index is 13.6. The normalized spacial score (nSPS) is 11.5. The third-order valence-electron chi connectivity index (χ3n) is 4.10. The summed E-state index contributed by atoms with van der Waals surface area (Å²) in [5, 5.41) is 2.98. The number of halogens is 2. The van der Waals surface area contributed by atoms with Crippen molar-refractivity contribution >= 4 is 34.3 Å². The molecule has 0 radical (unpaired) electrons. The maximum Gasteiger partial charge on any atom is 3.00 e. The smallest absolute Gasteiger partial charge is 0.481 e. The van der Waals surface area contributed by atoms with Crippen molar-refractivity contribution in [3.05, 3.63) is 77.6 Å². The van der Waals surface area contributed by atoms with Gasteiger partial charge < -0.3 is 19.2 Å². The summed E-state index contributed by atoms with van der Waals surface area (Å²) in [5.41, 5.74) is 1.12. The molecule has 0 spiro atoms. The van der Waals surface area contributed by atoms with E-state index in [1.807, 2.05) is 0 Å². The third kappa shape index (κ3) is 5.82. The van der Waals surface area contributed by atoms with Crippen molar-refractivity contribution in [3.8, 4) is 17.6 Å². The monoisotopic (exact) mass is 514 g/mol. The number of hydrogen-bond donors (Lipinski definition) is 1. The van der Waals surface area contributed by atoms with E-state index in [9.17, 15) is 9.18 Å². The van der Waals surface area contributed by atoms with Crippen LogP contribution in [0.3, 0.4) is 0 Å². The molecule has 4 rings (SSSR count). The Morgan fingerprint density at radius 3 is 2.68 bits per heavy atom. The van der Waals surface area contributed by atoms with Crippen LogP contribution in [0.15, 0.2) is 65.1 Å². The fourth-order valence-electron chi connectivity index (χ4n) is 2.60. The number of oxazole rings is 1. The summed E-state index contributed by atoms with van der Waals surface area (Å²) in [7, 11) is 0. The number of hydrogen-bond acceptors (Lipinski definition) is 5. The Morgan fingerprint density at radius 2 is 1.94 bits per heavy atom. The van der Waals surface area contributed by atoms with Crippen molar-refractivity contribution in [1.29, 1.82) is 0 Å². The minimum atomic E-state index is -0.855. The number of nitrogens with zero attached hydrogens (tertiary/aromatic N) is 1. The van der Waals surface area contributed by atoms with Gasteiger partial charge in [-0.2, -0.15) is 23.2 Å². The van der Waals surface area contributed by atoms with Gasteiger partial charge in [-0.25, -0.2) is 0 Å². The molecule has 152 valence electrons. The van der Waals surface area contributed by atoms with Crippen molar-refractivity contribution in [3.63, 3.8) is 0 Å². The number of rotatable bonds is 6. The predicted octanol–water partition coefficient (Wildman–Crippen LogP) is 5.62. The maximum absolute atomic E-state index is 13.6. The van der Waals surface area contributed by atoms with Crippen molar-refractivity contribution in [1.82, 2.24) is 4.98 Å². The summed E-state index contributed by atoms with van der Waals surface area (Å²) in [6, 6.07) is 18.5. The first kappa shape index (κ1) is 23.2. The number of carbonyl (C=O) groups excluding carboxylic acids is 1. The Morgan fingerprint density at radius 1 is 1.19 bits per heavy atom. The summed E-state index contributed by atoms with van der Waals surface area (Å²) in [5.74, 6) is -0.159. The van der Waals surface area contributed by atoms with Crippen LogP contribution in [0.2, 0.25) is 5.02 Å². The Labute approximate surface area is 207 Å². The average Bonchev–Trinajstić information content (AvgIpc) is 3.12. The van der Waals surface area contributed by atoms with E-state index in [1.54, 1.807) is 49.4 Å². The van der Waals surface area contributed by atoms with Gasteiger partial charge in [0.15, 0.2) is 11.7 Å². The molecule has 0 aliphatic rings. The number of amides is 1. The van der Waals surface area contributed by atoms with Gasteiger partial charge in [0, 0.05) is 16.9 Å². The van der Waals surface area contributed by atoms with Crippen LogP contribution < -0.4 is 14.8 Å². The number of anilines is 1. The second kappa shape index (κ2) is 10.2. The topological polar surface area (TPSA) is 73.6 Å². The van der Waals surface area contributed by atoms with E-state index in [1.165, 1.54) is 18.2 Å². The summed E-state index contributed by atoms with van der Waals surface area (Å²) >= 11 is 5.93. The Balaban J connectivity index is 0.00000272. The molecule has 1 unspecified atom stereocenters. The van der Waals surface area contributed by atoms with Crippen LogP contribution in [0.25, 0.3) is 11.1 Å². The number of nitrogens with one attached hydrogen (secondary N) is 1. The number of ether oxygens (including phenoxy) is 2. The first-order valence-corrected chi connectivity index (χ1v) is 9.33. The summed E-state index contributed by atoms with van der Waals surface area (Å²) in [6.07, 6.45) is -0.776. The van der Waals surface area contributed by atoms with Gasteiger partial charge in [-0.1, -0.05) is 11.6 Å². The largest absolute Gasteiger partial charge is 3.00 e. The molecule has 9 heteroatoms. The number of aromatic nitrogens is 1. The number of fused-ring (bicyclic) bond motifs is 1. The second-order valence-electron chi connectivity index (χ2n) is 6.31. The van der Waals surface area contributed by atoms with E-state index in [0.717, 1.165) is 0 Å². The number of carbonyl (C=O) groups is 1. The first-order valence-electron chi connectivity index (χ1n) is 8.96. The zero-order chi connectivity index (χ0) is 21.1. The van der Waals surface area contributed by atoms with Gasteiger partial charge in [0.2, 0.25) is 0 Å². The Kier molecular flexibility index (Phi) is 7.65. The van der Waals surface area contributed by atoms with Crippen LogP contribution in [-0.2, 0) is 37.5 Å². The molecular weight excluding hydrogens is 500 g/mol. The van der Waals surface area contributed by atoms with Crippen LogP contribution in [0, 0.1) is 11.9 Å². The standard InChI is InChI=1S/C22H15ClFN2O4.Y/c1-13(21(27)25-18-5-3-2-4-17(18)24)28-15-7-9-16(10-8-15)29-22-26-19-11-6-14(23)12-20(19)30-22;/h2-4,6-13H,1H3,(H,25,27);/q-1;+3. The van der Waals surface area contributed by atoms with Crippen LogP contribution >= 0.6 is 11.6 Å². The zero-order valence-electron chi connectivity index (χ0n) is 16.3. The molecule has 3 aromatic carbocycles. The van der Waals surface area contributed by atoms with Gasteiger partial charge >= 0.3 is 38.8 Å². The minimum Gasteiger partial charge on any atom is -0.481 e. The van der Waals surface area contributed by atoms with Gasteiger partial charge in [0.25, 0.3) is 5.91 Å². The van der Waals surface area contributed by atoms with E-state index in [2.05, 4.69) is 16.4 Å². The fourth-order valence-corrected chi connectivity index (χ4v) is 2.76. The van der Waals surface area contributed by atoms with Crippen LogP contribution in [0.1, 0.15) is 6.92 Å². The van der Waals surface area contributed by atoms with Gasteiger partial charge in [-0.05, 0) is 49.0 Å². The number of benzene rings is 3. The fraction of sp³-hybridized carbons (Fsp3) is 0.0909. The van der Waals surface area contributed by atoms with E-state index in [4.69, 9.17) is 25.5 Å². The predicted molar refractivity (Wildman–Crippen MR) is 109 cm³/mol. The van der Waals surface area contributed by atoms with Crippen LogP contribution in [-0.4, -0.2) is 17.0 Å². The molecule has 1 amide bonds. The average molecular weight is 515 g/mol. The second-order valence-corrected chi connectivity index (χ2v) is 6.74. The quantitative estimate of drug-likeness (QED) is 0.338. The van der Waals surface area contributed by atoms with Gasteiger partial charge in [0.05, 0.1) is 0 Å². The molecule has 0 saturated carbocycles. The zero-order valence-corrected chi connectivity index (χ0v) is 19.9. The molecule has 31 heavy (non-hydrogen) atoms. The molecular formula is C22H15ClFN2O4Y+2. The molecule has 4 aromatic rings. The molecule has 0 saturated heterocycles. The van der Waals surface area contributed by atoms with E-state index >= 15 is 0 Å². The molecule has 1 heterocycles. The SMILES string of the molecule is CC(Oc1ccc(Oc2nc3ccc(Cl)cc3o2)cc1)C(=O)Nc1[c-]cccc1F.[Y+3]. The van der Waals surface area contributed by atoms with Crippen molar-refractivity contribution in [2.24, 2.45) is 0 Å². The molecule has 1 aromatic heterocycles. The molecule has 0 aliphatic heterocycles. The summed E-state index contributed by atoms with van der Waals surface area (Å²) < 4.78 is 30.3. The Hall–Kier alpha value is -2.48. The van der Waals surface area contributed by atoms with Crippen molar-refractivity contribution < 1.29 is 55.8 Å². The Bertz CT molecular complexity index is 1200. The van der Waals surface area contributed by atoms with Crippen LogP contribution in [0.5, 0.6) is 17.6 Å². The van der Waals surface area contributed by atoms with Gasteiger partial charge in [-0.3, -0.25) is 9.18 Å². The van der Waals surface area contributed by atoms with E-state index in [-0.39, 0.29) is 44.5 Å². The molecule has 6 nitrogen and oxygen atoms in total.